The van der Waals surface area contributed by atoms with E-state index >= 15 is 0 Å². The molecule has 0 bridgehead atoms. The van der Waals surface area contributed by atoms with Gasteiger partial charge in [-0.15, -0.1) is 0 Å². The van der Waals surface area contributed by atoms with E-state index in [1.807, 2.05) is 0 Å². The van der Waals surface area contributed by atoms with Crippen molar-refractivity contribution in [3.63, 3.8) is 0 Å². The number of allylic oxidation sites excluding steroid dienone is 1. The van der Waals surface area contributed by atoms with Crippen LogP contribution >= 0.6 is 0 Å². The predicted octanol–water partition coefficient (Wildman–Crippen LogP) is 3.24. The van der Waals surface area contributed by atoms with E-state index in [-0.39, 0.29) is 5.41 Å². The minimum absolute atomic E-state index is 0.0795. The van der Waals surface area contributed by atoms with Crippen LogP contribution in [0.2, 0.25) is 0 Å². The molecule has 1 aromatic carbocycles. The number of aryl methyl sites for hydroxylation is 1. The summed E-state index contributed by atoms with van der Waals surface area (Å²) in [5.74, 6) is 0. The van der Waals surface area contributed by atoms with Gasteiger partial charge in [-0.3, -0.25) is 0 Å². The lowest BCUT2D eigenvalue weighted by Crippen LogP contribution is -2.21. The number of anilines is 1. The van der Waals surface area contributed by atoms with E-state index in [9.17, 15) is 0 Å². The van der Waals surface area contributed by atoms with Gasteiger partial charge in [0.1, 0.15) is 0 Å². The van der Waals surface area contributed by atoms with Crippen LogP contribution in [0.25, 0.3) is 0 Å². The Labute approximate surface area is 86.1 Å². The third-order valence-electron chi connectivity index (χ3n) is 3.31. The summed E-state index contributed by atoms with van der Waals surface area (Å²) in [4.78, 5) is 2.19. The van der Waals surface area contributed by atoms with Gasteiger partial charge in [0.15, 0.2) is 0 Å². The van der Waals surface area contributed by atoms with Crippen molar-refractivity contribution >= 4 is 5.69 Å². The molecular formula is C13H17N. The van der Waals surface area contributed by atoms with Gasteiger partial charge in [-0.1, -0.05) is 38.1 Å². The van der Waals surface area contributed by atoms with E-state index < -0.39 is 0 Å². The van der Waals surface area contributed by atoms with Crippen LogP contribution in [0.5, 0.6) is 0 Å². The van der Waals surface area contributed by atoms with Crippen molar-refractivity contribution < 1.29 is 0 Å². The van der Waals surface area contributed by atoms with Gasteiger partial charge < -0.3 is 4.90 Å². The van der Waals surface area contributed by atoms with Crippen molar-refractivity contribution in [2.75, 3.05) is 11.9 Å². The van der Waals surface area contributed by atoms with E-state index in [0.29, 0.717) is 0 Å². The van der Waals surface area contributed by atoms with Gasteiger partial charge in [0, 0.05) is 23.8 Å². The van der Waals surface area contributed by atoms with E-state index in [1.165, 1.54) is 22.5 Å². The fraction of sp³-hybridized carbons (Fsp3) is 0.385. The summed E-state index contributed by atoms with van der Waals surface area (Å²) in [5.41, 5.74) is 5.27. The number of hydrogen-bond acceptors (Lipinski definition) is 1. The number of benzene rings is 1. The summed E-state index contributed by atoms with van der Waals surface area (Å²) in [7, 11) is 2.09. The molecule has 0 fully saturated rings. The standard InChI is InChI=1S/C13H17N/c1-9-6-7-12-11(8-9)13(3,4)10(2)14(12)5/h6-8H,2H2,1,3-5H3. The molecular weight excluding hydrogens is 170 g/mol. The van der Waals surface area contributed by atoms with Gasteiger partial charge in [0.2, 0.25) is 0 Å². The first-order chi connectivity index (χ1) is 6.44. The molecule has 74 valence electrons. The van der Waals surface area contributed by atoms with E-state index in [0.717, 1.165) is 0 Å². The smallest absolute Gasteiger partial charge is 0.0447 e. The SMILES string of the molecule is C=C1N(C)c2ccc(C)cc2C1(C)C. The van der Waals surface area contributed by atoms with Crippen molar-refractivity contribution in [1.82, 2.24) is 0 Å². The Balaban J connectivity index is 2.69. The van der Waals surface area contributed by atoms with E-state index in [4.69, 9.17) is 0 Å². The van der Waals surface area contributed by atoms with Crippen molar-refractivity contribution in [2.24, 2.45) is 0 Å². The number of rotatable bonds is 0. The first kappa shape index (κ1) is 9.32. The normalized spacial score (nSPS) is 18.6. The highest BCUT2D eigenvalue weighted by molar-refractivity contribution is 5.69. The summed E-state index contributed by atoms with van der Waals surface area (Å²) in [6, 6.07) is 6.61. The Morgan fingerprint density at radius 2 is 1.93 bits per heavy atom. The molecule has 0 amide bonds. The molecule has 1 heteroatoms. The first-order valence-electron chi connectivity index (χ1n) is 4.99. The molecule has 1 aromatic rings. The lowest BCUT2D eigenvalue weighted by molar-refractivity contribution is 0.642. The van der Waals surface area contributed by atoms with Crippen molar-refractivity contribution in [2.45, 2.75) is 26.2 Å². The molecule has 0 saturated heterocycles. The molecule has 0 aliphatic carbocycles. The Hall–Kier alpha value is -1.24. The molecule has 1 aliphatic heterocycles. The summed E-state index contributed by atoms with van der Waals surface area (Å²) in [6.45, 7) is 10.8. The molecule has 0 N–H and O–H groups in total. The number of hydrogen-bond donors (Lipinski definition) is 0. The van der Waals surface area contributed by atoms with Crippen LogP contribution in [-0.2, 0) is 5.41 Å². The maximum atomic E-state index is 4.16. The maximum absolute atomic E-state index is 4.16. The average Bonchev–Trinajstić information content (AvgIpc) is 2.29. The number of nitrogens with zero attached hydrogens (tertiary/aromatic N) is 1. The van der Waals surface area contributed by atoms with Crippen LogP contribution in [0.4, 0.5) is 5.69 Å². The van der Waals surface area contributed by atoms with Crippen LogP contribution in [0.3, 0.4) is 0 Å². The molecule has 1 heterocycles. The maximum Gasteiger partial charge on any atom is 0.0447 e. The lowest BCUT2D eigenvalue weighted by atomic mass is 9.84. The van der Waals surface area contributed by atoms with Crippen LogP contribution in [0, 0.1) is 6.92 Å². The fourth-order valence-corrected chi connectivity index (χ4v) is 2.16. The molecule has 0 saturated carbocycles. The summed E-state index contributed by atoms with van der Waals surface area (Å²) < 4.78 is 0. The molecule has 0 atom stereocenters. The number of likely N-dealkylation sites (N-methyl/N-ethyl adjacent to an activating group) is 1. The Morgan fingerprint density at radius 1 is 1.29 bits per heavy atom. The van der Waals surface area contributed by atoms with Crippen molar-refractivity contribution in [3.8, 4) is 0 Å². The predicted molar refractivity (Wildman–Crippen MR) is 61.7 cm³/mol. The molecule has 0 unspecified atom stereocenters. The molecule has 1 nitrogen and oxygen atoms in total. The quantitative estimate of drug-likeness (QED) is 0.602. The van der Waals surface area contributed by atoms with Crippen LogP contribution in [0.1, 0.15) is 25.0 Å². The third kappa shape index (κ3) is 1.02. The Bertz CT molecular complexity index is 402. The summed E-state index contributed by atoms with van der Waals surface area (Å²) in [5, 5.41) is 0. The third-order valence-corrected chi connectivity index (χ3v) is 3.31. The highest BCUT2D eigenvalue weighted by Crippen LogP contribution is 2.46. The monoisotopic (exact) mass is 187 g/mol. The van der Waals surface area contributed by atoms with Gasteiger partial charge in [-0.25, -0.2) is 0 Å². The second-order valence-electron chi connectivity index (χ2n) is 4.65. The van der Waals surface area contributed by atoms with Gasteiger partial charge >= 0.3 is 0 Å². The topological polar surface area (TPSA) is 3.24 Å². The van der Waals surface area contributed by atoms with Crippen LogP contribution in [0.15, 0.2) is 30.5 Å². The summed E-state index contributed by atoms with van der Waals surface area (Å²) in [6.07, 6.45) is 0. The Kier molecular flexibility index (Phi) is 1.75. The van der Waals surface area contributed by atoms with Crippen LogP contribution < -0.4 is 4.90 Å². The largest absolute Gasteiger partial charge is 0.348 e. The molecule has 2 rings (SSSR count). The second-order valence-corrected chi connectivity index (χ2v) is 4.65. The average molecular weight is 187 g/mol. The van der Waals surface area contributed by atoms with E-state index in [2.05, 4.69) is 57.5 Å². The summed E-state index contributed by atoms with van der Waals surface area (Å²) >= 11 is 0. The molecule has 0 radical (unpaired) electrons. The molecule has 1 aliphatic rings. The van der Waals surface area contributed by atoms with Gasteiger partial charge in [0.25, 0.3) is 0 Å². The second kappa shape index (κ2) is 2.63. The zero-order valence-electron chi connectivity index (χ0n) is 9.39. The van der Waals surface area contributed by atoms with Crippen molar-refractivity contribution in [3.05, 3.63) is 41.6 Å². The fourth-order valence-electron chi connectivity index (χ4n) is 2.16. The van der Waals surface area contributed by atoms with E-state index in [1.54, 1.807) is 0 Å². The molecule has 14 heavy (non-hydrogen) atoms. The van der Waals surface area contributed by atoms with Gasteiger partial charge in [-0.2, -0.15) is 0 Å². The first-order valence-corrected chi connectivity index (χ1v) is 4.99. The van der Waals surface area contributed by atoms with Crippen molar-refractivity contribution in [1.29, 1.82) is 0 Å². The zero-order valence-corrected chi connectivity index (χ0v) is 9.39. The minimum atomic E-state index is 0.0795. The Morgan fingerprint density at radius 3 is 2.57 bits per heavy atom. The molecule has 0 aromatic heterocycles. The van der Waals surface area contributed by atoms with Crippen LogP contribution in [-0.4, -0.2) is 7.05 Å². The highest BCUT2D eigenvalue weighted by atomic mass is 15.1. The molecule has 0 spiro atoms. The minimum Gasteiger partial charge on any atom is -0.348 e. The number of fused-ring (bicyclic) bond motifs is 1. The van der Waals surface area contributed by atoms with Gasteiger partial charge in [-0.05, 0) is 18.6 Å². The highest BCUT2D eigenvalue weighted by Gasteiger charge is 2.36. The lowest BCUT2D eigenvalue weighted by Gasteiger charge is -2.22. The van der Waals surface area contributed by atoms with Gasteiger partial charge in [0.05, 0.1) is 0 Å². The zero-order chi connectivity index (χ0) is 10.5.